The molecule has 1 aromatic rings. The fourth-order valence-electron chi connectivity index (χ4n) is 2.54. The zero-order chi connectivity index (χ0) is 14.5. The highest BCUT2D eigenvalue weighted by Crippen LogP contribution is 2.41. The molecule has 0 amide bonds. The van der Waals surface area contributed by atoms with E-state index in [4.69, 9.17) is 9.31 Å². The van der Waals surface area contributed by atoms with Gasteiger partial charge in [-0.3, -0.25) is 4.79 Å². The van der Waals surface area contributed by atoms with Crippen molar-refractivity contribution in [3.8, 4) is 0 Å². The second-order valence-corrected chi connectivity index (χ2v) is 6.91. The van der Waals surface area contributed by atoms with Gasteiger partial charge in [-0.15, -0.1) is 0 Å². The molecule has 1 saturated heterocycles. The Labute approximate surface area is 120 Å². The molecule has 1 saturated carbocycles. The first-order chi connectivity index (χ1) is 9.32. The summed E-state index contributed by atoms with van der Waals surface area (Å²) in [6, 6.07) is 5.99. The molecular formula is C16H21BO3. The number of aldehydes is 1. The van der Waals surface area contributed by atoms with E-state index in [1.54, 1.807) is 0 Å². The van der Waals surface area contributed by atoms with E-state index in [0.717, 1.165) is 11.7 Å². The molecule has 4 heteroatoms. The molecule has 0 unspecified atom stereocenters. The van der Waals surface area contributed by atoms with Crippen molar-refractivity contribution < 1.29 is 14.1 Å². The third-order valence-corrected chi connectivity index (χ3v) is 4.71. The highest BCUT2D eigenvalue weighted by molar-refractivity contribution is 6.62. The molecule has 3 nitrogen and oxygen atoms in total. The molecule has 3 rings (SSSR count). The Bertz CT molecular complexity index is 531. The van der Waals surface area contributed by atoms with E-state index in [1.807, 2.05) is 39.8 Å². The zero-order valence-corrected chi connectivity index (χ0v) is 12.6. The summed E-state index contributed by atoms with van der Waals surface area (Å²) >= 11 is 0. The normalized spacial score (nSPS) is 23.9. The van der Waals surface area contributed by atoms with Crippen LogP contribution in [0.2, 0.25) is 0 Å². The average molecular weight is 272 g/mol. The van der Waals surface area contributed by atoms with E-state index in [0.29, 0.717) is 11.5 Å². The molecule has 0 radical (unpaired) electrons. The topological polar surface area (TPSA) is 35.5 Å². The number of carbonyl (C=O) groups excluding carboxylic acids is 1. The highest BCUT2D eigenvalue weighted by atomic mass is 16.7. The predicted octanol–water partition coefficient (Wildman–Crippen LogP) is 2.68. The van der Waals surface area contributed by atoms with Gasteiger partial charge in [-0.05, 0) is 63.5 Å². The summed E-state index contributed by atoms with van der Waals surface area (Å²) < 4.78 is 12.1. The van der Waals surface area contributed by atoms with Crippen LogP contribution in [0.4, 0.5) is 0 Å². The predicted molar refractivity (Wildman–Crippen MR) is 79.5 cm³/mol. The second-order valence-electron chi connectivity index (χ2n) is 6.91. The molecule has 1 aromatic carbocycles. The smallest absolute Gasteiger partial charge is 0.399 e. The second kappa shape index (κ2) is 4.44. The van der Waals surface area contributed by atoms with E-state index < -0.39 is 7.12 Å². The number of carbonyl (C=O) groups is 1. The molecule has 0 atom stereocenters. The quantitative estimate of drug-likeness (QED) is 0.627. The lowest BCUT2D eigenvalue weighted by Crippen LogP contribution is -2.41. The summed E-state index contributed by atoms with van der Waals surface area (Å²) in [7, 11) is -0.391. The molecule has 1 aliphatic heterocycles. The Morgan fingerprint density at radius 2 is 1.70 bits per heavy atom. The van der Waals surface area contributed by atoms with Crippen LogP contribution >= 0.6 is 0 Å². The van der Waals surface area contributed by atoms with Gasteiger partial charge in [0.25, 0.3) is 0 Å². The van der Waals surface area contributed by atoms with Crippen LogP contribution in [0.15, 0.2) is 18.2 Å². The van der Waals surface area contributed by atoms with Gasteiger partial charge in [0.1, 0.15) is 6.29 Å². The molecule has 2 fully saturated rings. The van der Waals surface area contributed by atoms with Crippen molar-refractivity contribution in [1.82, 2.24) is 0 Å². The van der Waals surface area contributed by atoms with Crippen LogP contribution in [0.5, 0.6) is 0 Å². The number of rotatable bonds is 3. The Morgan fingerprint density at radius 1 is 1.10 bits per heavy atom. The number of benzene rings is 1. The van der Waals surface area contributed by atoms with Crippen molar-refractivity contribution in [2.24, 2.45) is 0 Å². The lowest BCUT2D eigenvalue weighted by molar-refractivity contribution is 0.00578. The van der Waals surface area contributed by atoms with Gasteiger partial charge in [0, 0.05) is 5.56 Å². The summed E-state index contributed by atoms with van der Waals surface area (Å²) in [4.78, 5) is 11.1. The number of hydrogen-bond donors (Lipinski definition) is 0. The maximum absolute atomic E-state index is 11.1. The largest absolute Gasteiger partial charge is 0.494 e. The minimum atomic E-state index is -0.391. The maximum atomic E-state index is 11.1. The minimum Gasteiger partial charge on any atom is -0.399 e. The van der Waals surface area contributed by atoms with Crippen molar-refractivity contribution in [1.29, 1.82) is 0 Å². The Morgan fingerprint density at radius 3 is 2.20 bits per heavy atom. The van der Waals surface area contributed by atoms with Crippen molar-refractivity contribution in [3.05, 3.63) is 29.3 Å². The molecule has 1 heterocycles. The fourth-order valence-corrected chi connectivity index (χ4v) is 2.54. The van der Waals surface area contributed by atoms with Crippen LogP contribution in [-0.2, 0) is 9.31 Å². The van der Waals surface area contributed by atoms with Gasteiger partial charge in [0.2, 0.25) is 0 Å². The van der Waals surface area contributed by atoms with Crippen molar-refractivity contribution in [2.45, 2.75) is 57.7 Å². The van der Waals surface area contributed by atoms with Gasteiger partial charge >= 0.3 is 7.12 Å². The first kappa shape index (κ1) is 13.8. The Kier molecular flexibility index (Phi) is 3.07. The zero-order valence-electron chi connectivity index (χ0n) is 12.6. The average Bonchev–Trinajstić information content (AvgIpc) is 3.17. The summed E-state index contributed by atoms with van der Waals surface area (Å²) in [6.45, 7) is 8.16. The van der Waals surface area contributed by atoms with E-state index in [-0.39, 0.29) is 11.2 Å². The van der Waals surface area contributed by atoms with Crippen LogP contribution in [-0.4, -0.2) is 24.6 Å². The minimum absolute atomic E-state index is 0.353. The Balaban J connectivity index is 1.94. The summed E-state index contributed by atoms with van der Waals surface area (Å²) in [5, 5.41) is 0. The SMILES string of the molecule is CC1(C)OB(c2cc(C=O)cc(C3CC3)c2)OC1(C)C. The lowest BCUT2D eigenvalue weighted by atomic mass is 9.77. The monoisotopic (exact) mass is 272 g/mol. The number of hydrogen-bond acceptors (Lipinski definition) is 3. The molecule has 0 bridgehead atoms. The molecular weight excluding hydrogens is 251 g/mol. The van der Waals surface area contributed by atoms with Crippen LogP contribution in [0.1, 0.15) is 62.4 Å². The standard InChI is InChI=1S/C16H21BO3/c1-15(2)16(3,4)20-17(19-15)14-8-11(10-18)7-13(9-14)12-5-6-12/h7-10,12H,5-6H2,1-4H3. The van der Waals surface area contributed by atoms with Gasteiger partial charge in [-0.2, -0.15) is 0 Å². The summed E-state index contributed by atoms with van der Waals surface area (Å²) in [6.07, 6.45) is 3.33. The van der Waals surface area contributed by atoms with Crippen LogP contribution in [0.3, 0.4) is 0 Å². The third kappa shape index (κ3) is 2.31. The molecule has 106 valence electrons. The van der Waals surface area contributed by atoms with Gasteiger partial charge < -0.3 is 9.31 Å². The van der Waals surface area contributed by atoms with Gasteiger partial charge in [0.05, 0.1) is 11.2 Å². The van der Waals surface area contributed by atoms with Gasteiger partial charge in [0.15, 0.2) is 0 Å². The van der Waals surface area contributed by atoms with E-state index in [2.05, 4.69) is 6.07 Å². The summed E-state index contributed by atoms with van der Waals surface area (Å²) in [5.74, 6) is 0.607. The van der Waals surface area contributed by atoms with E-state index in [1.165, 1.54) is 18.4 Å². The van der Waals surface area contributed by atoms with Crippen molar-refractivity contribution >= 4 is 18.9 Å². The van der Waals surface area contributed by atoms with Gasteiger partial charge in [-0.25, -0.2) is 0 Å². The third-order valence-electron chi connectivity index (χ3n) is 4.71. The molecule has 2 aliphatic rings. The first-order valence-corrected chi connectivity index (χ1v) is 7.28. The fraction of sp³-hybridized carbons (Fsp3) is 0.562. The van der Waals surface area contributed by atoms with Crippen LogP contribution < -0.4 is 5.46 Å². The summed E-state index contributed by atoms with van der Waals surface area (Å²) in [5.41, 5.74) is 2.19. The van der Waals surface area contributed by atoms with Crippen molar-refractivity contribution in [2.75, 3.05) is 0 Å². The van der Waals surface area contributed by atoms with Crippen LogP contribution in [0.25, 0.3) is 0 Å². The molecule has 0 aromatic heterocycles. The van der Waals surface area contributed by atoms with Crippen LogP contribution in [0, 0.1) is 0 Å². The highest BCUT2D eigenvalue weighted by Gasteiger charge is 2.51. The van der Waals surface area contributed by atoms with Gasteiger partial charge in [-0.1, -0.05) is 12.1 Å². The Hall–Kier alpha value is -1.13. The molecule has 0 N–H and O–H groups in total. The maximum Gasteiger partial charge on any atom is 0.494 e. The molecule has 20 heavy (non-hydrogen) atoms. The lowest BCUT2D eigenvalue weighted by Gasteiger charge is -2.32. The van der Waals surface area contributed by atoms with Crippen molar-refractivity contribution in [3.63, 3.8) is 0 Å². The first-order valence-electron chi connectivity index (χ1n) is 7.28. The van der Waals surface area contributed by atoms with E-state index >= 15 is 0 Å². The van der Waals surface area contributed by atoms with E-state index in [9.17, 15) is 4.79 Å². The molecule has 1 aliphatic carbocycles. The molecule has 0 spiro atoms.